The highest BCUT2D eigenvalue weighted by atomic mass is 16.3. The lowest BCUT2D eigenvalue weighted by Gasteiger charge is -2.14. The maximum atomic E-state index is 6.64. The molecule has 0 fully saturated rings. The van der Waals surface area contributed by atoms with Crippen LogP contribution in [0.4, 0.5) is 0 Å². The maximum Gasteiger partial charge on any atom is 0.238 e. The molecule has 0 radical (unpaired) electrons. The summed E-state index contributed by atoms with van der Waals surface area (Å²) in [5.41, 5.74) is 7.64. The molecule has 56 heavy (non-hydrogen) atoms. The number of fused-ring (bicyclic) bond motifs is 9. The van der Waals surface area contributed by atoms with Crippen LogP contribution in [0, 0.1) is 0 Å². The Labute approximate surface area is 320 Å². The van der Waals surface area contributed by atoms with Crippen molar-refractivity contribution in [2.24, 2.45) is 0 Å². The summed E-state index contributed by atoms with van der Waals surface area (Å²) in [4.78, 5) is 15.9. The zero-order chi connectivity index (χ0) is 36.7. The lowest BCUT2D eigenvalue weighted by molar-refractivity contribution is 0.670. The van der Waals surface area contributed by atoms with Crippen molar-refractivity contribution in [2.75, 3.05) is 0 Å². The number of furan rings is 1. The summed E-state index contributed by atoms with van der Waals surface area (Å²) < 4.78 is 8.88. The van der Waals surface area contributed by atoms with E-state index in [1.54, 1.807) is 0 Å². The van der Waals surface area contributed by atoms with Gasteiger partial charge in [-0.25, -0.2) is 4.98 Å². The fraction of sp³-hybridized carbons (Fsp3) is 0. The van der Waals surface area contributed by atoms with Crippen LogP contribution in [0.5, 0.6) is 0 Å². The average molecular weight is 715 g/mol. The highest BCUT2D eigenvalue weighted by Gasteiger charge is 2.23. The molecule has 5 nitrogen and oxygen atoms in total. The molecule has 9 aromatic carbocycles. The molecule has 0 aliphatic carbocycles. The number of aromatic nitrogens is 4. The highest BCUT2D eigenvalue weighted by Crippen LogP contribution is 2.43. The molecule has 0 spiro atoms. The van der Waals surface area contributed by atoms with E-state index in [9.17, 15) is 0 Å². The zero-order valence-corrected chi connectivity index (χ0v) is 30.0. The first-order valence-corrected chi connectivity index (χ1v) is 18.8. The van der Waals surface area contributed by atoms with E-state index in [2.05, 4.69) is 174 Å². The third-order valence-electron chi connectivity index (χ3n) is 11.2. The fourth-order valence-corrected chi connectivity index (χ4v) is 8.52. The van der Waals surface area contributed by atoms with Gasteiger partial charge in [0, 0.05) is 43.8 Å². The topological polar surface area (TPSA) is 56.7 Å². The van der Waals surface area contributed by atoms with Gasteiger partial charge in [-0.1, -0.05) is 152 Å². The van der Waals surface area contributed by atoms with Gasteiger partial charge in [0.15, 0.2) is 11.6 Å². The van der Waals surface area contributed by atoms with Gasteiger partial charge >= 0.3 is 0 Å². The third-order valence-corrected chi connectivity index (χ3v) is 11.2. The van der Waals surface area contributed by atoms with Crippen LogP contribution in [0.25, 0.3) is 116 Å². The van der Waals surface area contributed by atoms with Crippen molar-refractivity contribution in [1.29, 1.82) is 0 Å². The average Bonchev–Trinajstić information content (AvgIpc) is 3.81. The second kappa shape index (κ2) is 11.9. The van der Waals surface area contributed by atoms with Gasteiger partial charge in [-0.3, -0.25) is 4.57 Å². The van der Waals surface area contributed by atoms with Crippen LogP contribution < -0.4 is 0 Å². The molecule has 0 saturated heterocycles. The minimum absolute atomic E-state index is 0.547. The molecule has 5 heteroatoms. The molecule has 3 heterocycles. The molecular formula is C51H30N4O. The largest absolute Gasteiger partial charge is 0.455 e. The molecule has 260 valence electrons. The van der Waals surface area contributed by atoms with Gasteiger partial charge in [0.1, 0.15) is 11.2 Å². The summed E-state index contributed by atoms with van der Waals surface area (Å²) in [5.74, 6) is 1.76. The monoisotopic (exact) mass is 714 g/mol. The Hall–Kier alpha value is -7.63. The predicted octanol–water partition coefficient (Wildman–Crippen LogP) is 13.3. The fourth-order valence-electron chi connectivity index (χ4n) is 8.52. The van der Waals surface area contributed by atoms with Crippen LogP contribution >= 0.6 is 0 Å². The van der Waals surface area contributed by atoms with Crippen LogP contribution in [0.3, 0.4) is 0 Å². The first-order chi connectivity index (χ1) is 27.7. The van der Waals surface area contributed by atoms with E-state index in [4.69, 9.17) is 19.4 Å². The molecule has 0 aliphatic heterocycles. The second-order valence-corrected chi connectivity index (χ2v) is 14.4. The Balaban J connectivity index is 1.21. The smallest absolute Gasteiger partial charge is 0.238 e. The van der Waals surface area contributed by atoms with Gasteiger partial charge in [0.05, 0.1) is 11.0 Å². The number of benzene rings is 9. The summed E-state index contributed by atoms with van der Waals surface area (Å²) in [7, 11) is 0. The van der Waals surface area contributed by atoms with Crippen molar-refractivity contribution in [3.8, 4) is 39.9 Å². The van der Waals surface area contributed by atoms with Crippen LogP contribution in [-0.4, -0.2) is 19.5 Å². The molecule has 0 amide bonds. The summed E-state index contributed by atoms with van der Waals surface area (Å²) in [6, 6.07) is 64.0. The molecule has 0 aliphatic rings. The van der Waals surface area contributed by atoms with E-state index in [0.29, 0.717) is 17.6 Å². The second-order valence-electron chi connectivity index (χ2n) is 14.4. The molecule has 3 aromatic heterocycles. The van der Waals surface area contributed by atoms with E-state index in [1.807, 2.05) is 12.1 Å². The standard InChI is InChI=1S/C51H30N4O/c1-3-13-33-27-37(25-23-31(33)11-1)49-52-50(38-26-24-32-12-2-4-14-34(32)28-38)54-51(53-49)55-45-30-36-16-6-5-15-35(36)29-44(45)41-19-9-18-40(47(41)55)43-21-10-20-42-39-17-7-8-22-46(39)56-48(42)43/h1-30H. The van der Waals surface area contributed by atoms with Crippen molar-refractivity contribution < 1.29 is 4.42 Å². The van der Waals surface area contributed by atoms with E-state index in [0.717, 1.165) is 82.2 Å². The molecule has 12 aromatic rings. The normalized spacial score (nSPS) is 11.9. The highest BCUT2D eigenvalue weighted by molar-refractivity contribution is 6.19. The van der Waals surface area contributed by atoms with Crippen LogP contribution in [0.1, 0.15) is 0 Å². The molecule has 0 bridgehead atoms. The van der Waals surface area contributed by atoms with E-state index >= 15 is 0 Å². The maximum absolute atomic E-state index is 6.64. The Morgan fingerprint density at radius 3 is 1.59 bits per heavy atom. The molecule has 0 N–H and O–H groups in total. The first-order valence-electron chi connectivity index (χ1n) is 18.8. The number of rotatable bonds is 4. The number of para-hydroxylation sites is 3. The van der Waals surface area contributed by atoms with Crippen LogP contribution in [0.15, 0.2) is 186 Å². The van der Waals surface area contributed by atoms with Crippen LogP contribution in [-0.2, 0) is 0 Å². The van der Waals surface area contributed by atoms with E-state index in [-0.39, 0.29) is 0 Å². The third kappa shape index (κ3) is 4.71. The lowest BCUT2D eigenvalue weighted by Crippen LogP contribution is -2.07. The SMILES string of the molecule is c1ccc2cc(-c3nc(-c4ccc5ccccc5c4)nc(-n4c5cc6ccccc6cc5c5cccc(-c6cccc7c6oc6ccccc67)c54)n3)ccc2c1. The summed E-state index contributed by atoms with van der Waals surface area (Å²) in [6.45, 7) is 0. The Bertz CT molecular complexity index is 3460. The molecule has 12 rings (SSSR count). The quantitative estimate of drug-likeness (QED) is 0.182. The summed E-state index contributed by atoms with van der Waals surface area (Å²) in [6.07, 6.45) is 0. The Morgan fingerprint density at radius 1 is 0.375 bits per heavy atom. The number of hydrogen-bond acceptors (Lipinski definition) is 4. The summed E-state index contributed by atoms with van der Waals surface area (Å²) in [5, 5.41) is 11.3. The van der Waals surface area contributed by atoms with Gasteiger partial charge in [-0.05, 0) is 62.6 Å². The van der Waals surface area contributed by atoms with E-state index in [1.165, 1.54) is 16.2 Å². The van der Waals surface area contributed by atoms with Crippen molar-refractivity contribution in [2.45, 2.75) is 0 Å². The zero-order valence-electron chi connectivity index (χ0n) is 30.0. The number of nitrogens with zero attached hydrogens (tertiary/aromatic N) is 4. The minimum Gasteiger partial charge on any atom is -0.455 e. The predicted molar refractivity (Wildman–Crippen MR) is 230 cm³/mol. The minimum atomic E-state index is 0.547. The van der Waals surface area contributed by atoms with Gasteiger partial charge in [0.25, 0.3) is 0 Å². The van der Waals surface area contributed by atoms with Crippen molar-refractivity contribution in [3.63, 3.8) is 0 Å². The van der Waals surface area contributed by atoms with Gasteiger partial charge in [-0.15, -0.1) is 0 Å². The first kappa shape index (κ1) is 30.8. The molecular weight excluding hydrogens is 685 g/mol. The number of hydrogen-bond donors (Lipinski definition) is 0. The van der Waals surface area contributed by atoms with E-state index < -0.39 is 0 Å². The van der Waals surface area contributed by atoms with Gasteiger partial charge in [-0.2, -0.15) is 9.97 Å². The Morgan fingerprint density at radius 2 is 0.911 bits per heavy atom. The van der Waals surface area contributed by atoms with Crippen molar-refractivity contribution in [1.82, 2.24) is 19.5 Å². The van der Waals surface area contributed by atoms with Gasteiger partial charge < -0.3 is 4.42 Å². The van der Waals surface area contributed by atoms with Crippen molar-refractivity contribution >= 4 is 76.1 Å². The Kier molecular flexibility index (Phi) is 6.56. The van der Waals surface area contributed by atoms with Crippen LogP contribution in [0.2, 0.25) is 0 Å². The molecule has 0 saturated carbocycles. The molecule has 0 unspecified atom stereocenters. The van der Waals surface area contributed by atoms with Gasteiger partial charge in [0.2, 0.25) is 5.95 Å². The summed E-state index contributed by atoms with van der Waals surface area (Å²) >= 11 is 0. The molecule has 0 atom stereocenters. The van der Waals surface area contributed by atoms with Crippen molar-refractivity contribution in [3.05, 3.63) is 182 Å². The lowest BCUT2D eigenvalue weighted by atomic mass is 9.99.